The van der Waals surface area contributed by atoms with E-state index in [2.05, 4.69) is 12.2 Å². The Hall–Kier alpha value is -1.10. The van der Waals surface area contributed by atoms with Crippen LogP contribution < -0.4 is 5.32 Å². The van der Waals surface area contributed by atoms with E-state index in [0.29, 0.717) is 32.5 Å². The van der Waals surface area contributed by atoms with Gasteiger partial charge in [0.2, 0.25) is 5.91 Å². The Morgan fingerprint density at radius 1 is 1.20 bits per heavy atom. The number of amides is 1. The molecule has 2 N–H and O–H groups in total. The fraction of sp³-hybridized carbons (Fsp3) is 0.867. The number of nitrogens with one attached hydrogen (secondary N) is 1. The van der Waals surface area contributed by atoms with Crippen molar-refractivity contribution >= 4 is 11.9 Å². The zero-order valence-electron chi connectivity index (χ0n) is 12.4. The minimum absolute atomic E-state index is 0.104. The number of hydrogen-bond acceptors (Lipinski definition) is 3. The monoisotopic (exact) mass is 282 g/mol. The maximum absolute atomic E-state index is 12.2. The fourth-order valence-electron chi connectivity index (χ4n) is 3.29. The lowest BCUT2D eigenvalue weighted by Crippen LogP contribution is -2.50. The van der Waals surface area contributed by atoms with Crippen molar-refractivity contribution < 1.29 is 14.7 Å². The number of hydrogen-bond donors (Lipinski definition) is 2. The van der Waals surface area contributed by atoms with Gasteiger partial charge in [0, 0.05) is 18.6 Å². The molecule has 0 atom stereocenters. The second-order valence-corrected chi connectivity index (χ2v) is 6.47. The van der Waals surface area contributed by atoms with E-state index in [1.165, 1.54) is 19.3 Å². The van der Waals surface area contributed by atoms with Gasteiger partial charge < -0.3 is 15.3 Å². The first-order valence-electron chi connectivity index (χ1n) is 7.76. The summed E-state index contributed by atoms with van der Waals surface area (Å²) in [7, 11) is 0. The molecule has 5 heteroatoms. The van der Waals surface area contributed by atoms with Crippen LogP contribution >= 0.6 is 0 Å². The van der Waals surface area contributed by atoms with Gasteiger partial charge in [-0.3, -0.25) is 9.59 Å². The third-order valence-electron chi connectivity index (χ3n) is 4.82. The van der Waals surface area contributed by atoms with E-state index in [-0.39, 0.29) is 17.4 Å². The highest BCUT2D eigenvalue weighted by molar-refractivity contribution is 5.79. The Bertz CT molecular complexity index is 356. The molecule has 2 fully saturated rings. The number of aliphatic carboxylic acids is 1. The van der Waals surface area contributed by atoms with Gasteiger partial charge in [-0.2, -0.15) is 0 Å². The number of nitrogens with zero attached hydrogens (tertiary/aromatic N) is 1. The number of rotatable bonds is 4. The smallest absolute Gasteiger partial charge is 0.306 e. The highest BCUT2D eigenvalue weighted by atomic mass is 16.4. The Kier molecular flexibility index (Phi) is 5.02. The number of carboxylic acid groups (broad SMARTS) is 1. The number of likely N-dealkylation sites (tertiary alicyclic amines) is 1. The molecule has 0 aromatic carbocycles. The molecule has 5 nitrogen and oxygen atoms in total. The average Bonchev–Trinajstić information content (AvgIpc) is 2.46. The van der Waals surface area contributed by atoms with Crippen LogP contribution in [-0.4, -0.2) is 47.1 Å². The van der Waals surface area contributed by atoms with E-state index < -0.39 is 5.97 Å². The van der Waals surface area contributed by atoms with E-state index in [9.17, 15) is 9.59 Å². The summed E-state index contributed by atoms with van der Waals surface area (Å²) >= 11 is 0. The van der Waals surface area contributed by atoms with Crippen LogP contribution in [0.3, 0.4) is 0 Å². The molecule has 1 heterocycles. The van der Waals surface area contributed by atoms with Crippen molar-refractivity contribution in [1.82, 2.24) is 10.2 Å². The largest absolute Gasteiger partial charge is 0.481 e. The molecule has 1 amide bonds. The molecular weight excluding hydrogens is 256 g/mol. The highest BCUT2D eigenvalue weighted by Crippen LogP contribution is 2.27. The summed E-state index contributed by atoms with van der Waals surface area (Å²) < 4.78 is 0. The molecule has 1 aliphatic carbocycles. The van der Waals surface area contributed by atoms with Gasteiger partial charge in [0.15, 0.2) is 0 Å². The van der Waals surface area contributed by atoms with Crippen molar-refractivity contribution in [2.24, 2.45) is 5.92 Å². The second kappa shape index (κ2) is 6.57. The molecule has 0 aromatic rings. The van der Waals surface area contributed by atoms with Crippen molar-refractivity contribution in [3.8, 4) is 0 Å². The molecule has 2 aliphatic rings. The molecule has 1 saturated heterocycles. The van der Waals surface area contributed by atoms with Gasteiger partial charge in [-0.25, -0.2) is 0 Å². The topological polar surface area (TPSA) is 69.6 Å². The molecule has 0 unspecified atom stereocenters. The summed E-state index contributed by atoms with van der Waals surface area (Å²) in [6.45, 7) is 3.74. The number of carboxylic acids is 1. The molecule has 0 spiro atoms. The van der Waals surface area contributed by atoms with Crippen molar-refractivity contribution in [2.45, 2.75) is 57.4 Å². The predicted octanol–water partition coefficient (Wildman–Crippen LogP) is 1.62. The van der Waals surface area contributed by atoms with Crippen molar-refractivity contribution in [2.75, 3.05) is 19.6 Å². The van der Waals surface area contributed by atoms with Crippen LogP contribution in [0.4, 0.5) is 0 Å². The van der Waals surface area contributed by atoms with E-state index in [1.54, 1.807) is 4.90 Å². The van der Waals surface area contributed by atoms with Crippen LogP contribution in [0.1, 0.15) is 51.9 Å². The SMILES string of the molecule is CC1(NCC(=O)N2CCC(C(=O)O)CC2)CCCCC1. The van der Waals surface area contributed by atoms with E-state index in [1.807, 2.05) is 0 Å². The maximum Gasteiger partial charge on any atom is 0.306 e. The van der Waals surface area contributed by atoms with Crippen molar-refractivity contribution in [3.63, 3.8) is 0 Å². The Balaban J connectivity index is 1.74. The van der Waals surface area contributed by atoms with Gasteiger partial charge in [-0.05, 0) is 32.6 Å². The average molecular weight is 282 g/mol. The number of carbonyl (C=O) groups is 2. The van der Waals surface area contributed by atoms with E-state index in [4.69, 9.17) is 5.11 Å². The Labute approximate surface area is 120 Å². The summed E-state index contributed by atoms with van der Waals surface area (Å²) in [6.07, 6.45) is 7.22. The lowest BCUT2D eigenvalue weighted by Gasteiger charge is -2.36. The second-order valence-electron chi connectivity index (χ2n) is 6.47. The molecule has 1 aliphatic heterocycles. The lowest BCUT2D eigenvalue weighted by atomic mass is 9.83. The Morgan fingerprint density at radius 3 is 2.35 bits per heavy atom. The third kappa shape index (κ3) is 3.95. The van der Waals surface area contributed by atoms with E-state index >= 15 is 0 Å². The van der Waals surface area contributed by atoms with Gasteiger partial charge in [-0.15, -0.1) is 0 Å². The quantitative estimate of drug-likeness (QED) is 0.822. The molecule has 0 aromatic heterocycles. The van der Waals surface area contributed by atoms with Gasteiger partial charge in [0.25, 0.3) is 0 Å². The third-order valence-corrected chi connectivity index (χ3v) is 4.82. The minimum Gasteiger partial charge on any atom is -0.481 e. The van der Waals surface area contributed by atoms with Gasteiger partial charge >= 0.3 is 5.97 Å². The van der Waals surface area contributed by atoms with Crippen LogP contribution in [0, 0.1) is 5.92 Å². The molecule has 1 saturated carbocycles. The fourth-order valence-corrected chi connectivity index (χ4v) is 3.29. The molecular formula is C15H26N2O3. The predicted molar refractivity (Wildman–Crippen MR) is 76.4 cm³/mol. The first-order chi connectivity index (χ1) is 9.50. The maximum atomic E-state index is 12.2. The summed E-state index contributed by atoms with van der Waals surface area (Å²) in [5.41, 5.74) is 0.104. The molecule has 2 rings (SSSR count). The standard InChI is InChI=1S/C15H26N2O3/c1-15(7-3-2-4-8-15)16-11-13(18)17-9-5-12(6-10-17)14(19)20/h12,16H,2-11H2,1H3,(H,19,20). The zero-order chi connectivity index (χ0) is 14.6. The summed E-state index contributed by atoms with van der Waals surface area (Å²) in [5, 5.41) is 12.4. The molecule has 20 heavy (non-hydrogen) atoms. The Morgan fingerprint density at radius 2 is 1.80 bits per heavy atom. The zero-order valence-corrected chi connectivity index (χ0v) is 12.4. The number of carbonyl (C=O) groups excluding carboxylic acids is 1. The van der Waals surface area contributed by atoms with Crippen LogP contribution in [0.2, 0.25) is 0 Å². The summed E-state index contributed by atoms with van der Waals surface area (Å²) in [4.78, 5) is 24.9. The van der Waals surface area contributed by atoms with Gasteiger partial charge in [0.1, 0.15) is 0 Å². The van der Waals surface area contributed by atoms with Crippen molar-refractivity contribution in [3.05, 3.63) is 0 Å². The van der Waals surface area contributed by atoms with Crippen LogP contribution in [-0.2, 0) is 9.59 Å². The molecule has 0 bridgehead atoms. The normalized spacial score (nSPS) is 23.6. The summed E-state index contributed by atoms with van der Waals surface area (Å²) in [5.74, 6) is -0.895. The van der Waals surface area contributed by atoms with Crippen LogP contribution in [0.25, 0.3) is 0 Å². The first kappa shape index (κ1) is 15.3. The molecule has 0 radical (unpaired) electrons. The lowest BCUT2D eigenvalue weighted by molar-refractivity contribution is -0.145. The highest BCUT2D eigenvalue weighted by Gasteiger charge is 2.30. The molecule has 114 valence electrons. The minimum atomic E-state index is -0.732. The van der Waals surface area contributed by atoms with Gasteiger partial charge in [0.05, 0.1) is 12.5 Å². The first-order valence-corrected chi connectivity index (χ1v) is 7.76. The van der Waals surface area contributed by atoms with Crippen LogP contribution in [0.5, 0.6) is 0 Å². The van der Waals surface area contributed by atoms with Crippen LogP contribution in [0.15, 0.2) is 0 Å². The van der Waals surface area contributed by atoms with Crippen molar-refractivity contribution in [1.29, 1.82) is 0 Å². The summed E-state index contributed by atoms with van der Waals surface area (Å²) in [6, 6.07) is 0. The number of piperidine rings is 1. The van der Waals surface area contributed by atoms with E-state index in [0.717, 1.165) is 12.8 Å². The van der Waals surface area contributed by atoms with Gasteiger partial charge in [-0.1, -0.05) is 19.3 Å².